The van der Waals surface area contributed by atoms with Crippen LogP contribution in [0.3, 0.4) is 0 Å². The van der Waals surface area contributed by atoms with Crippen LogP contribution in [0.4, 0.5) is 10.5 Å². The number of rotatable bonds is 5. The number of aromatic nitrogens is 1. The van der Waals surface area contributed by atoms with Crippen LogP contribution in [0.1, 0.15) is 33.6 Å². The highest BCUT2D eigenvalue weighted by Crippen LogP contribution is 2.25. The summed E-state index contributed by atoms with van der Waals surface area (Å²) >= 11 is 0. The molecule has 1 fully saturated rings. The Hall–Kier alpha value is -4.13. The van der Waals surface area contributed by atoms with Crippen LogP contribution in [0.15, 0.2) is 54.2 Å². The molecule has 7 nitrogen and oxygen atoms in total. The maximum atomic E-state index is 12.9. The number of amides is 4. The quantitative estimate of drug-likeness (QED) is 0.436. The molecule has 2 N–H and O–H groups in total. The maximum Gasteiger partial charge on any atom is 0.329 e. The minimum atomic E-state index is -0.613. The van der Waals surface area contributed by atoms with E-state index in [4.69, 9.17) is 0 Å². The molecule has 174 valence electrons. The zero-order valence-corrected chi connectivity index (χ0v) is 20.0. The number of hydrogen-bond acceptors (Lipinski definition) is 3. The Bertz CT molecular complexity index is 1310. The maximum absolute atomic E-state index is 12.9. The number of nitrogens with zero attached hydrogens (tertiary/aromatic N) is 2. The highest BCUT2D eigenvalue weighted by Gasteiger charge is 2.35. The monoisotopic (exact) mass is 456 g/mol. The van der Waals surface area contributed by atoms with Crippen LogP contribution in [0.25, 0.3) is 11.8 Å². The number of hydrogen-bond donors (Lipinski definition) is 2. The van der Waals surface area contributed by atoms with Crippen molar-refractivity contribution in [2.45, 2.75) is 34.6 Å². The van der Waals surface area contributed by atoms with Crippen LogP contribution in [0, 0.1) is 34.6 Å². The lowest BCUT2D eigenvalue weighted by Gasteiger charge is -2.12. The number of carbonyl (C=O) groups is 3. The predicted molar refractivity (Wildman–Crippen MR) is 133 cm³/mol. The van der Waals surface area contributed by atoms with Gasteiger partial charge in [-0.2, -0.15) is 0 Å². The number of imide groups is 1. The van der Waals surface area contributed by atoms with Gasteiger partial charge in [-0.1, -0.05) is 23.8 Å². The second-order valence-electron chi connectivity index (χ2n) is 8.80. The van der Waals surface area contributed by atoms with E-state index in [1.165, 1.54) is 11.1 Å². The highest BCUT2D eigenvalue weighted by atomic mass is 16.2. The van der Waals surface area contributed by atoms with Gasteiger partial charge in [0, 0.05) is 22.8 Å². The molecule has 2 aromatic carbocycles. The predicted octanol–water partition coefficient (Wildman–Crippen LogP) is 4.55. The number of benzene rings is 2. The molecular formula is C27H28N4O3. The minimum Gasteiger partial charge on any atom is -0.325 e. The molecular weight excluding hydrogens is 428 g/mol. The summed E-state index contributed by atoms with van der Waals surface area (Å²) in [4.78, 5) is 38.7. The molecule has 0 saturated carbocycles. The summed E-state index contributed by atoms with van der Waals surface area (Å²) in [5, 5.41) is 5.32. The SMILES string of the molecule is Cc1ccc(NC(=O)CN2C(=O)NC(=Cc3cc(C)n(-c4cc(C)cc(C)c4)c3C)C2=O)cc1. The van der Waals surface area contributed by atoms with E-state index in [2.05, 4.69) is 47.2 Å². The third-order valence-electron chi connectivity index (χ3n) is 5.83. The van der Waals surface area contributed by atoms with Crippen LogP contribution in [0.2, 0.25) is 0 Å². The first kappa shape index (κ1) is 23.0. The van der Waals surface area contributed by atoms with Crippen molar-refractivity contribution in [1.29, 1.82) is 0 Å². The first-order chi connectivity index (χ1) is 16.1. The van der Waals surface area contributed by atoms with E-state index in [0.717, 1.165) is 33.1 Å². The second kappa shape index (κ2) is 9.02. The van der Waals surface area contributed by atoms with E-state index >= 15 is 0 Å². The summed E-state index contributed by atoms with van der Waals surface area (Å²) in [5.41, 5.74) is 8.00. The van der Waals surface area contributed by atoms with Gasteiger partial charge in [0.05, 0.1) is 0 Å². The lowest BCUT2D eigenvalue weighted by Crippen LogP contribution is -2.38. The van der Waals surface area contributed by atoms with Crippen molar-refractivity contribution >= 4 is 29.6 Å². The van der Waals surface area contributed by atoms with Gasteiger partial charge >= 0.3 is 6.03 Å². The molecule has 1 aliphatic rings. The van der Waals surface area contributed by atoms with Gasteiger partial charge in [-0.25, -0.2) is 9.69 Å². The van der Waals surface area contributed by atoms with Crippen LogP contribution < -0.4 is 10.6 Å². The molecule has 1 aromatic heterocycles. The molecule has 0 unspecified atom stereocenters. The Morgan fingerprint density at radius 1 is 0.912 bits per heavy atom. The average Bonchev–Trinajstić information content (AvgIpc) is 3.18. The van der Waals surface area contributed by atoms with Gasteiger partial charge in [-0.05, 0) is 87.7 Å². The molecule has 0 radical (unpaired) electrons. The summed E-state index contributed by atoms with van der Waals surface area (Å²) in [5.74, 6) is -0.971. The molecule has 34 heavy (non-hydrogen) atoms. The molecule has 1 aliphatic heterocycles. The molecule has 4 rings (SSSR count). The largest absolute Gasteiger partial charge is 0.329 e. The Kier molecular flexibility index (Phi) is 6.11. The number of aryl methyl sites for hydroxylation is 4. The van der Waals surface area contributed by atoms with E-state index in [0.29, 0.717) is 5.69 Å². The molecule has 7 heteroatoms. The Morgan fingerprint density at radius 3 is 2.21 bits per heavy atom. The van der Waals surface area contributed by atoms with Crippen LogP contribution in [-0.2, 0) is 9.59 Å². The van der Waals surface area contributed by atoms with Gasteiger partial charge in [0.2, 0.25) is 5.91 Å². The van der Waals surface area contributed by atoms with Gasteiger partial charge in [-0.15, -0.1) is 0 Å². The summed E-state index contributed by atoms with van der Waals surface area (Å²) in [6, 6.07) is 15.0. The minimum absolute atomic E-state index is 0.147. The van der Waals surface area contributed by atoms with Gasteiger partial charge in [0.15, 0.2) is 0 Å². The third kappa shape index (κ3) is 4.64. The number of nitrogens with one attached hydrogen (secondary N) is 2. The van der Waals surface area contributed by atoms with Crippen molar-refractivity contribution in [2.75, 3.05) is 11.9 Å². The Balaban J connectivity index is 1.54. The topological polar surface area (TPSA) is 83.4 Å². The van der Waals surface area contributed by atoms with E-state index < -0.39 is 17.8 Å². The van der Waals surface area contributed by atoms with E-state index in [-0.39, 0.29) is 12.2 Å². The van der Waals surface area contributed by atoms with Crippen molar-refractivity contribution in [3.8, 4) is 5.69 Å². The van der Waals surface area contributed by atoms with Gasteiger partial charge < -0.3 is 15.2 Å². The van der Waals surface area contributed by atoms with E-state index in [1.807, 2.05) is 39.0 Å². The first-order valence-corrected chi connectivity index (χ1v) is 11.1. The average molecular weight is 457 g/mol. The standard InChI is InChI=1S/C27H28N4O3/c1-16-6-8-22(9-7-16)28-25(32)15-30-26(33)24(29-27(30)34)14-21-13-19(4)31(20(21)5)23-11-17(2)10-18(3)12-23/h6-14H,15H2,1-5H3,(H,28,32)(H,29,34). The first-order valence-electron chi connectivity index (χ1n) is 11.1. The lowest BCUT2D eigenvalue weighted by atomic mass is 10.1. The zero-order valence-electron chi connectivity index (χ0n) is 20.0. The van der Waals surface area contributed by atoms with Crippen molar-refractivity contribution in [2.24, 2.45) is 0 Å². The van der Waals surface area contributed by atoms with Crippen molar-refractivity contribution < 1.29 is 14.4 Å². The van der Waals surface area contributed by atoms with Gasteiger partial charge in [0.1, 0.15) is 12.2 Å². The lowest BCUT2D eigenvalue weighted by molar-refractivity contribution is -0.127. The summed E-state index contributed by atoms with van der Waals surface area (Å²) in [6.45, 7) is 9.69. The summed E-state index contributed by atoms with van der Waals surface area (Å²) < 4.78 is 2.13. The fourth-order valence-electron chi connectivity index (χ4n) is 4.26. The van der Waals surface area contributed by atoms with Crippen LogP contribution in [0.5, 0.6) is 0 Å². The third-order valence-corrected chi connectivity index (χ3v) is 5.83. The van der Waals surface area contributed by atoms with Crippen molar-refractivity contribution in [1.82, 2.24) is 14.8 Å². The molecule has 0 aliphatic carbocycles. The smallest absolute Gasteiger partial charge is 0.325 e. The highest BCUT2D eigenvalue weighted by molar-refractivity contribution is 6.16. The molecule has 1 saturated heterocycles. The number of urea groups is 1. The van der Waals surface area contributed by atoms with Gasteiger partial charge in [0.25, 0.3) is 5.91 Å². The molecule has 0 atom stereocenters. The molecule has 2 heterocycles. The van der Waals surface area contributed by atoms with Crippen LogP contribution in [-0.4, -0.2) is 33.9 Å². The second-order valence-corrected chi connectivity index (χ2v) is 8.80. The molecule has 0 spiro atoms. The summed E-state index contributed by atoms with van der Waals surface area (Å²) in [6.07, 6.45) is 1.67. The van der Waals surface area contributed by atoms with Crippen molar-refractivity contribution in [3.05, 3.63) is 87.9 Å². The van der Waals surface area contributed by atoms with E-state index in [1.54, 1.807) is 18.2 Å². The molecule has 3 aromatic rings. The Labute approximate surface area is 199 Å². The van der Waals surface area contributed by atoms with Crippen molar-refractivity contribution in [3.63, 3.8) is 0 Å². The molecule has 4 amide bonds. The van der Waals surface area contributed by atoms with Gasteiger partial charge in [-0.3, -0.25) is 9.59 Å². The fraction of sp³-hybridized carbons (Fsp3) is 0.222. The Morgan fingerprint density at radius 2 is 1.56 bits per heavy atom. The summed E-state index contributed by atoms with van der Waals surface area (Å²) in [7, 11) is 0. The van der Waals surface area contributed by atoms with E-state index in [9.17, 15) is 14.4 Å². The fourth-order valence-corrected chi connectivity index (χ4v) is 4.26. The molecule has 0 bridgehead atoms. The number of carbonyl (C=O) groups excluding carboxylic acids is 3. The zero-order chi connectivity index (χ0) is 24.6. The number of anilines is 1. The normalized spacial score (nSPS) is 14.6. The van der Waals surface area contributed by atoms with Crippen LogP contribution >= 0.6 is 0 Å².